The van der Waals surface area contributed by atoms with Gasteiger partial charge in [0, 0.05) is 5.92 Å². The number of benzene rings is 2. The van der Waals surface area contributed by atoms with Crippen LogP contribution in [0.2, 0.25) is 0 Å². The SMILES string of the molecule is CCCC(OC(=O)c1ccc(O)cc1)C(CC)COC(=O)c1ccc(O)cc1. The average molecular weight is 386 g/mol. The highest BCUT2D eigenvalue weighted by molar-refractivity contribution is 5.90. The summed E-state index contributed by atoms with van der Waals surface area (Å²) in [6, 6.07) is 11.7. The van der Waals surface area contributed by atoms with Crippen LogP contribution in [0.1, 0.15) is 53.8 Å². The number of hydrogen-bond donors (Lipinski definition) is 2. The molecule has 0 aliphatic carbocycles. The number of rotatable bonds is 9. The number of carbonyl (C=O) groups is 2. The first-order valence-corrected chi connectivity index (χ1v) is 9.40. The Balaban J connectivity index is 2.00. The summed E-state index contributed by atoms with van der Waals surface area (Å²) in [5, 5.41) is 18.7. The number of carbonyl (C=O) groups excluding carboxylic acids is 2. The lowest BCUT2D eigenvalue weighted by Crippen LogP contribution is -2.31. The van der Waals surface area contributed by atoms with Crippen LogP contribution in [0.25, 0.3) is 0 Å². The van der Waals surface area contributed by atoms with E-state index >= 15 is 0 Å². The van der Waals surface area contributed by atoms with Crippen LogP contribution in [0.15, 0.2) is 48.5 Å². The molecule has 0 saturated carbocycles. The van der Waals surface area contributed by atoms with Gasteiger partial charge in [0.25, 0.3) is 0 Å². The molecule has 0 aliphatic heterocycles. The molecule has 0 aliphatic rings. The van der Waals surface area contributed by atoms with Crippen LogP contribution < -0.4 is 0 Å². The van der Waals surface area contributed by atoms with E-state index in [-0.39, 0.29) is 30.1 Å². The third kappa shape index (κ3) is 6.01. The van der Waals surface area contributed by atoms with Gasteiger partial charge in [0.15, 0.2) is 0 Å². The van der Waals surface area contributed by atoms with Crippen LogP contribution in [0, 0.1) is 5.92 Å². The van der Waals surface area contributed by atoms with Gasteiger partial charge in [-0.15, -0.1) is 0 Å². The summed E-state index contributed by atoms with van der Waals surface area (Å²) in [4.78, 5) is 24.6. The first-order valence-electron chi connectivity index (χ1n) is 9.40. The molecule has 2 rings (SSSR count). The Labute approximate surface area is 164 Å². The molecule has 0 fully saturated rings. The van der Waals surface area contributed by atoms with E-state index in [1.54, 1.807) is 0 Å². The highest BCUT2D eigenvalue weighted by Crippen LogP contribution is 2.21. The second-order valence-corrected chi connectivity index (χ2v) is 6.59. The topological polar surface area (TPSA) is 93.1 Å². The Morgan fingerprint density at radius 1 is 0.857 bits per heavy atom. The first kappa shape index (κ1) is 21.3. The predicted octanol–water partition coefficient (Wildman–Crippen LogP) is 4.31. The van der Waals surface area contributed by atoms with Crippen molar-refractivity contribution in [1.82, 2.24) is 0 Å². The summed E-state index contributed by atoms with van der Waals surface area (Å²) >= 11 is 0. The zero-order valence-electron chi connectivity index (χ0n) is 16.1. The standard InChI is InChI=1S/C22H26O6/c1-3-5-20(28-22(26)17-8-12-19(24)13-9-17)15(4-2)14-27-21(25)16-6-10-18(23)11-7-16/h6-13,15,20,23-24H,3-5,14H2,1-2H3. The smallest absolute Gasteiger partial charge is 0.338 e. The molecule has 6 nitrogen and oxygen atoms in total. The second-order valence-electron chi connectivity index (χ2n) is 6.59. The Morgan fingerprint density at radius 3 is 1.82 bits per heavy atom. The van der Waals surface area contributed by atoms with Gasteiger partial charge in [0.05, 0.1) is 17.7 Å². The fourth-order valence-electron chi connectivity index (χ4n) is 2.83. The van der Waals surface area contributed by atoms with Crippen LogP contribution in [-0.2, 0) is 9.47 Å². The number of ether oxygens (including phenoxy) is 2. The molecule has 0 heterocycles. The summed E-state index contributed by atoms with van der Waals surface area (Å²) in [5.74, 6) is -0.941. The Hall–Kier alpha value is -3.02. The van der Waals surface area contributed by atoms with Gasteiger partial charge in [0.2, 0.25) is 0 Å². The van der Waals surface area contributed by atoms with Crippen molar-refractivity contribution >= 4 is 11.9 Å². The molecule has 2 unspecified atom stereocenters. The lowest BCUT2D eigenvalue weighted by Gasteiger charge is -2.26. The third-order valence-corrected chi connectivity index (χ3v) is 4.52. The van der Waals surface area contributed by atoms with Crippen molar-refractivity contribution in [3.63, 3.8) is 0 Å². The predicted molar refractivity (Wildman–Crippen MR) is 104 cm³/mol. The molecule has 28 heavy (non-hydrogen) atoms. The van der Waals surface area contributed by atoms with Gasteiger partial charge in [-0.05, 0) is 61.4 Å². The zero-order valence-corrected chi connectivity index (χ0v) is 16.1. The van der Waals surface area contributed by atoms with Crippen LogP contribution in [0.5, 0.6) is 11.5 Å². The molecule has 2 aromatic rings. The number of phenols is 2. The van der Waals surface area contributed by atoms with E-state index in [0.29, 0.717) is 24.0 Å². The average Bonchev–Trinajstić information content (AvgIpc) is 2.69. The summed E-state index contributed by atoms with van der Waals surface area (Å²) < 4.78 is 11.1. The van der Waals surface area contributed by atoms with Crippen molar-refractivity contribution in [1.29, 1.82) is 0 Å². The van der Waals surface area contributed by atoms with Crippen LogP contribution in [0.4, 0.5) is 0 Å². The highest BCUT2D eigenvalue weighted by atomic mass is 16.6. The minimum absolute atomic E-state index is 0.0761. The molecule has 0 spiro atoms. The summed E-state index contributed by atoms with van der Waals surface area (Å²) in [6.07, 6.45) is 1.76. The van der Waals surface area contributed by atoms with Gasteiger partial charge in [-0.1, -0.05) is 20.3 Å². The molecular formula is C22H26O6. The Kier molecular flexibility index (Phi) is 7.87. The van der Waals surface area contributed by atoms with E-state index in [0.717, 1.165) is 6.42 Å². The maximum absolute atomic E-state index is 12.4. The van der Waals surface area contributed by atoms with Crippen LogP contribution >= 0.6 is 0 Å². The van der Waals surface area contributed by atoms with E-state index in [1.165, 1.54) is 48.5 Å². The summed E-state index contributed by atoms with van der Waals surface area (Å²) in [7, 11) is 0. The van der Waals surface area contributed by atoms with E-state index in [2.05, 4.69) is 0 Å². The van der Waals surface area contributed by atoms with Crippen molar-refractivity contribution < 1.29 is 29.3 Å². The Morgan fingerprint density at radius 2 is 1.36 bits per heavy atom. The maximum Gasteiger partial charge on any atom is 0.338 e. The first-order chi connectivity index (χ1) is 13.4. The van der Waals surface area contributed by atoms with Gasteiger partial charge in [-0.2, -0.15) is 0 Å². The van der Waals surface area contributed by atoms with E-state index in [1.807, 2.05) is 13.8 Å². The molecular weight excluding hydrogens is 360 g/mol. The largest absolute Gasteiger partial charge is 0.508 e. The molecule has 0 aromatic heterocycles. The fraction of sp³-hybridized carbons (Fsp3) is 0.364. The Bertz CT molecular complexity index is 767. The van der Waals surface area contributed by atoms with Crippen LogP contribution in [0.3, 0.4) is 0 Å². The molecule has 0 radical (unpaired) electrons. The molecule has 0 amide bonds. The number of hydrogen-bond acceptors (Lipinski definition) is 6. The van der Waals surface area contributed by atoms with Gasteiger partial charge in [-0.3, -0.25) is 0 Å². The minimum atomic E-state index is -0.487. The summed E-state index contributed by atoms with van der Waals surface area (Å²) in [5.41, 5.74) is 0.704. The maximum atomic E-state index is 12.4. The quantitative estimate of drug-likeness (QED) is 0.624. The highest BCUT2D eigenvalue weighted by Gasteiger charge is 2.25. The molecule has 6 heteroatoms. The number of esters is 2. The molecule has 0 bridgehead atoms. The molecule has 0 saturated heterocycles. The van der Waals surface area contributed by atoms with Gasteiger partial charge < -0.3 is 19.7 Å². The molecule has 2 aromatic carbocycles. The van der Waals surface area contributed by atoms with E-state index in [4.69, 9.17) is 9.47 Å². The van der Waals surface area contributed by atoms with Crippen molar-refractivity contribution in [2.24, 2.45) is 5.92 Å². The number of aromatic hydroxyl groups is 2. The van der Waals surface area contributed by atoms with Gasteiger partial charge in [0.1, 0.15) is 17.6 Å². The van der Waals surface area contributed by atoms with Gasteiger partial charge in [-0.25, -0.2) is 9.59 Å². The monoisotopic (exact) mass is 386 g/mol. The zero-order chi connectivity index (χ0) is 20.5. The normalized spacial score (nSPS) is 12.8. The van der Waals surface area contributed by atoms with Crippen molar-refractivity contribution in [2.45, 2.75) is 39.2 Å². The van der Waals surface area contributed by atoms with Crippen LogP contribution in [-0.4, -0.2) is 34.9 Å². The molecule has 2 atom stereocenters. The lowest BCUT2D eigenvalue weighted by molar-refractivity contribution is -0.00783. The molecule has 2 N–H and O–H groups in total. The van der Waals surface area contributed by atoms with E-state index < -0.39 is 11.9 Å². The second kappa shape index (κ2) is 10.3. The lowest BCUT2D eigenvalue weighted by atomic mass is 9.96. The number of phenolic OH excluding ortho intramolecular Hbond substituents is 2. The third-order valence-electron chi connectivity index (χ3n) is 4.52. The van der Waals surface area contributed by atoms with Crippen molar-refractivity contribution in [3.05, 3.63) is 59.7 Å². The minimum Gasteiger partial charge on any atom is -0.508 e. The summed E-state index contributed by atoms with van der Waals surface area (Å²) in [6.45, 7) is 4.08. The van der Waals surface area contributed by atoms with E-state index in [9.17, 15) is 19.8 Å². The van der Waals surface area contributed by atoms with Crippen molar-refractivity contribution in [2.75, 3.05) is 6.61 Å². The van der Waals surface area contributed by atoms with Crippen molar-refractivity contribution in [3.8, 4) is 11.5 Å². The molecule has 150 valence electrons. The fourth-order valence-corrected chi connectivity index (χ4v) is 2.83. The van der Waals surface area contributed by atoms with Gasteiger partial charge >= 0.3 is 11.9 Å².